The molecule has 3 nitrogen and oxygen atoms in total. The number of nitrogen functional groups attached to an aromatic ring is 1. The van der Waals surface area contributed by atoms with Gasteiger partial charge in [0.2, 0.25) is 5.91 Å². The Morgan fingerprint density at radius 3 is 2.47 bits per heavy atom. The van der Waals surface area contributed by atoms with E-state index in [4.69, 9.17) is 5.73 Å². The van der Waals surface area contributed by atoms with Gasteiger partial charge in [0.1, 0.15) is 0 Å². The molecule has 0 spiro atoms. The van der Waals surface area contributed by atoms with Crippen LogP contribution in [0, 0.1) is 0 Å². The van der Waals surface area contributed by atoms with E-state index >= 15 is 0 Å². The maximum absolute atomic E-state index is 11.0. The Bertz CT molecular complexity index is 342. The van der Waals surface area contributed by atoms with E-state index in [-0.39, 0.29) is 5.91 Å². The summed E-state index contributed by atoms with van der Waals surface area (Å²) in [5.41, 5.74) is 7.57. The number of benzene rings is 1. The van der Waals surface area contributed by atoms with Crippen molar-refractivity contribution in [2.75, 3.05) is 18.7 Å². The summed E-state index contributed by atoms with van der Waals surface area (Å²) >= 11 is 4.64. The summed E-state index contributed by atoms with van der Waals surface area (Å²) in [6.07, 6.45) is 2.06. The summed E-state index contributed by atoms with van der Waals surface area (Å²) in [4.78, 5) is 11.0. The van der Waals surface area contributed by atoms with Gasteiger partial charge in [0, 0.05) is 31.0 Å². The quantitative estimate of drug-likeness (QED) is 0.600. The molecule has 1 unspecified atom stereocenters. The predicted octanol–water partition coefficient (Wildman–Crippen LogP) is 2.75. The highest BCUT2D eigenvalue weighted by Gasteiger charge is 2.22. The molecule has 4 heteroatoms. The second-order valence-corrected chi connectivity index (χ2v) is 3.38. The van der Waals surface area contributed by atoms with Crippen LogP contribution in [-0.4, -0.2) is 18.8 Å². The van der Waals surface area contributed by atoms with Crippen LogP contribution in [0.4, 0.5) is 5.69 Å². The lowest BCUT2D eigenvalue weighted by Crippen LogP contribution is -2.13. The maximum Gasteiger partial charge on any atom is 0.220 e. The van der Waals surface area contributed by atoms with E-state index in [1.54, 1.807) is 0 Å². The van der Waals surface area contributed by atoms with Crippen LogP contribution in [0.25, 0.3) is 0 Å². The molecule has 1 fully saturated rings. The van der Waals surface area contributed by atoms with Crippen LogP contribution >= 0.6 is 11.6 Å². The molecule has 96 valence electrons. The Morgan fingerprint density at radius 2 is 2.00 bits per heavy atom. The van der Waals surface area contributed by atoms with E-state index in [2.05, 4.69) is 16.9 Å². The molecule has 1 aliphatic rings. The lowest BCUT2D eigenvalue weighted by Gasteiger charge is -2.07. The van der Waals surface area contributed by atoms with Crippen molar-refractivity contribution in [3.63, 3.8) is 0 Å². The third kappa shape index (κ3) is 5.09. The van der Waals surface area contributed by atoms with Gasteiger partial charge >= 0.3 is 0 Å². The van der Waals surface area contributed by atoms with Gasteiger partial charge in [-0.05, 0) is 17.7 Å². The van der Waals surface area contributed by atoms with Crippen LogP contribution in [-0.2, 0) is 4.79 Å². The van der Waals surface area contributed by atoms with E-state index in [0.717, 1.165) is 17.8 Å². The van der Waals surface area contributed by atoms with Crippen molar-refractivity contribution in [1.82, 2.24) is 5.32 Å². The largest absolute Gasteiger partial charge is 0.399 e. The monoisotopic (exact) mass is 256 g/mol. The average Bonchev–Trinajstić information content (AvgIpc) is 2.81. The third-order valence-electron chi connectivity index (χ3n) is 2.36. The molecule has 1 aliphatic heterocycles. The van der Waals surface area contributed by atoms with E-state index in [0.29, 0.717) is 12.3 Å². The molecule has 0 aliphatic carbocycles. The highest BCUT2D eigenvalue weighted by molar-refractivity contribution is 6.15. The number of carbonyl (C=O) groups is 1. The van der Waals surface area contributed by atoms with Crippen molar-refractivity contribution < 1.29 is 4.79 Å². The van der Waals surface area contributed by atoms with Gasteiger partial charge in [-0.15, -0.1) is 11.6 Å². The van der Waals surface area contributed by atoms with Gasteiger partial charge in [-0.2, -0.15) is 0 Å². The SMILES string of the molecule is CC.CCl.Nc1cccc(C2CNC(=O)C2)c1. The summed E-state index contributed by atoms with van der Waals surface area (Å²) in [6.45, 7) is 4.74. The van der Waals surface area contributed by atoms with Crippen molar-refractivity contribution in [3.05, 3.63) is 29.8 Å². The molecule has 0 bridgehead atoms. The zero-order valence-electron chi connectivity index (χ0n) is 10.7. The van der Waals surface area contributed by atoms with Gasteiger partial charge in [-0.25, -0.2) is 0 Å². The van der Waals surface area contributed by atoms with Crippen LogP contribution in [0.1, 0.15) is 31.7 Å². The van der Waals surface area contributed by atoms with Crippen molar-refractivity contribution in [2.24, 2.45) is 0 Å². The Hall–Kier alpha value is -1.22. The average molecular weight is 257 g/mol. The molecule has 1 amide bonds. The molecule has 1 aromatic carbocycles. The minimum absolute atomic E-state index is 0.132. The number of alkyl halides is 1. The number of anilines is 1. The zero-order chi connectivity index (χ0) is 13.3. The Balaban J connectivity index is 0.000000581. The number of hydrogen-bond acceptors (Lipinski definition) is 2. The normalized spacial score (nSPS) is 17.2. The van der Waals surface area contributed by atoms with Crippen LogP contribution in [0.15, 0.2) is 24.3 Å². The second kappa shape index (κ2) is 8.88. The van der Waals surface area contributed by atoms with Gasteiger partial charge in [0.05, 0.1) is 0 Å². The summed E-state index contributed by atoms with van der Waals surface area (Å²) < 4.78 is 0. The first-order valence-corrected chi connectivity index (χ1v) is 6.51. The number of rotatable bonds is 1. The van der Waals surface area contributed by atoms with E-state index in [9.17, 15) is 4.79 Å². The molecular formula is C13H21ClN2O. The van der Waals surface area contributed by atoms with Crippen LogP contribution < -0.4 is 11.1 Å². The molecule has 0 saturated carbocycles. The molecular weight excluding hydrogens is 236 g/mol. The van der Waals surface area contributed by atoms with Gasteiger partial charge in [-0.1, -0.05) is 26.0 Å². The minimum atomic E-state index is 0.132. The van der Waals surface area contributed by atoms with E-state index in [1.807, 2.05) is 38.1 Å². The Kier molecular flexibility index (Phi) is 8.24. The summed E-state index contributed by atoms with van der Waals surface area (Å²) in [6, 6.07) is 7.73. The highest BCUT2D eigenvalue weighted by atomic mass is 35.5. The number of nitrogens with two attached hydrogens (primary N) is 1. The lowest BCUT2D eigenvalue weighted by molar-refractivity contribution is -0.119. The van der Waals surface area contributed by atoms with Crippen molar-refractivity contribution in [1.29, 1.82) is 0 Å². The predicted molar refractivity (Wildman–Crippen MR) is 74.3 cm³/mol. The van der Waals surface area contributed by atoms with Gasteiger partial charge in [0.25, 0.3) is 0 Å². The number of carbonyl (C=O) groups excluding carboxylic acids is 1. The maximum atomic E-state index is 11.0. The molecule has 1 atom stereocenters. The highest BCUT2D eigenvalue weighted by Crippen LogP contribution is 2.23. The topological polar surface area (TPSA) is 55.1 Å². The number of nitrogens with one attached hydrogen (secondary N) is 1. The summed E-state index contributed by atoms with van der Waals surface area (Å²) in [7, 11) is 0. The van der Waals surface area contributed by atoms with Crippen LogP contribution in [0.5, 0.6) is 0 Å². The van der Waals surface area contributed by atoms with E-state index < -0.39 is 0 Å². The number of halogens is 1. The fourth-order valence-corrected chi connectivity index (χ4v) is 1.65. The fraction of sp³-hybridized carbons (Fsp3) is 0.462. The molecule has 17 heavy (non-hydrogen) atoms. The third-order valence-corrected chi connectivity index (χ3v) is 2.36. The van der Waals surface area contributed by atoms with Crippen LogP contribution in [0.2, 0.25) is 0 Å². The first-order chi connectivity index (χ1) is 8.25. The molecule has 0 aromatic heterocycles. The second-order valence-electron chi connectivity index (χ2n) is 3.38. The molecule has 1 saturated heterocycles. The van der Waals surface area contributed by atoms with Gasteiger partial charge < -0.3 is 11.1 Å². The summed E-state index contributed by atoms with van der Waals surface area (Å²) in [5.74, 6) is 0.434. The standard InChI is InChI=1S/C10H12N2O.C2H6.CH3Cl/c11-9-3-1-2-7(4-9)8-5-10(13)12-6-8;2*1-2/h1-4,8H,5-6,11H2,(H,12,13);1-2H3;1H3. The first-order valence-electron chi connectivity index (χ1n) is 5.75. The first kappa shape index (κ1) is 15.8. The fourth-order valence-electron chi connectivity index (χ4n) is 1.65. The number of hydrogen-bond donors (Lipinski definition) is 2. The van der Waals surface area contributed by atoms with Gasteiger partial charge in [-0.3, -0.25) is 4.79 Å². The minimum Gasteiger partial charge on any atom is -0.399 e. The molecule has 2 rings (SSSR count). The van der Waals surface area contributed by atoms with Crippen molar-refractivity contribution in [2.45, 2.75) is 26.2 Å². The lowest BCUT2D eigenvalue weighted by atomic mass is 9.98. The van der Waals surface area contributed by atoms with Crippen molar-refractivity contribution >= 4 is 23.2 Å². The summed E-state index contributed by atoms with van der Waals surface area (Å²) in [5, 5.41) is 2.81. The smallest absolute Gasteiger partial charge is 0.220 e. The Morgan fingerprint density at radius 1 is 1.35 bits per heavy atom. The molecule has 1 aromatic rings. The number of amides is 1. The zero-order valence-corrected chi connectivity index (χ0v) is 11.4. The van der Waals surface area contributed by atoms with Gasteiger partial charge in [0.15, 0.2) is 0 Å². The Labute approximate surface area is 108 Å². The van der Waals surface area contributed by atoms with Crippen molar-refractivity contribution in [3.8, 4) is 0 Å². The van der Waals surface area contributed by atoms with Crippen LogP contribution in [0.3, 0.4) is 0 Å². The molecule has 1 heterocycles. The van der Waals surface area contributed by atoms with E-state index in [1.165, 1.54) is 6.38 Å². The molecule has 3 N–H and O–H groups in total. The molecule has 0 radical (unpaired) electrons.